The van der Waals surface area contributed by atoms with Gasteiger partial charge in [-0.15, -0.1) is 0 Å². The molecule has 0 aliphatic carbocycles. The molecule has 0 aromatic heterocycles. The van der Waals surface area contributed by atoms with Crippen LogP contribution in [0.4, 0.5) is 8.78 Å². The predicted molar refractivity (Wildman–Crippen MR) is 114 cm³/mol. The fraction of sp³-hybridized carbons (Fsp3) is 0.455. The molecule has 0 spiro atoms. The summed E-state index contributed by atoms with van der Waals surface area (Å²) in [6.45, 7) is 0. The van der Waals surface area contributed by atoms with Gasteiger partial charge in [0, 0.05) is 23.9 Å². The first kappa shape index (κ1) is 20.7. The van der Waals surface area contributed by atoms with Gasteiger partial charge in [0.2, 0.25) is 0 Å². The zero-order valence-corrected chi connectivity index (χ0v) is 18.6. The van der Waals surface area contributed by atoms with Crippen LogP contribution in [0.3, 0.4) is 0 Å². The summed E-state index contributed by atoms with van der Waals surface area (Å²) in [4.78, 5) is 0. The first-order valence-corrected chi connectivity index (χ1v) is 14.3. The second-order valence-electron chi connectivity index (χ2n) is 9.37. The molecule has 4 heterocycles. The molecule has 0 N–H and O–H groups in total. The van der Waals surface area contributed by atoms with E-state index in [0.29, 0.717) is 0 Å². The summed E-state index contributed by atoms with van der Waals surface area (Å²) < 4.78 is 77.9. The Morgan fingerprint density at radius 1 is 0.594 bits per heavy atom. The van der Waals surface area contributed by atoms with E-state index in [4.69, 9.17) is 0 Å². The van der Waals surface area contributed by atoms with E-state index in [1.807, 2.05) is 0 Å². The molecule has 4 saturated heterocycles. The van der Waals surface area contributed by atoms with E-state index in [9.17, 15) is 25.6 Å². The molecular formula is C22H22F2N2O4S2. The third kappa shape index (κ3) is 3.07. The number of hydrogen-bond acceptors (Lipinski definition) is 6. The van der Waals surface area contributed by atoms with E-state index in [1.165, 1.54) is 24.3 Å². The first-order chi connectivity index (χ1) is 15.1. The summed E-state index contributed by atoms with van der Waals surface area (Å²) in [5, 5.41) is 4.14. The Bertz CT molecular complexity index is 1180. The van der Waals surface area contributed by atoms with Gasteiger partial charge in [0.1, 0.15) is 11.6 Å². The van der Waals surface area contributed by atoms with E-state index in [0.717, 1.165) is 11.1 Å². The topological polar surface area (TPSA) is 74.8 Å². The van der Waals surface area contributed by atoms with Gasteiger partial charge in [0.05, 0.1) is 35.1 Å². The lowest BCUT2D eigenvalue weighted by Crippen LogP contribution is -2.43. The van der Waals surface area contributed by atoms with Crippen LogP contribution in [0.15, 0.2) is 48.5 Å². The summed E-state index contributed by atoms with van der Waals surface area (Å²) in [7, 11) is -6.55. The lowest BCUT2D eigenvalue weighted by atomic mass is 9.85. The highest BCUT2D eigenvalue weighted by atomic mass is 32.2. The molecule has 0 radical (unpaired) electrons. The van der Waals surface area contributed by atoms with Crippen LogP contribution in [0, 0.1) is 23.5 Å². The molecule has 2 aromatic rings. The maximum atomic E-state index is 13.6. The number of rotatable bonds is 2. The minimum absolute atomic E-state index is 0.00422. The average molecular weight is 481 g/mol. The van der Waals surface area contributed by atoms with Crippen LogP contribution < -0.4 is 0 Å². The van der Waals surface area contributed by atoms with Crippen LogP contribution in [-0.2, 0) is 19.7 Å². The van der Waals surface area contributed by atoms with Crippen molar-refractivity contribution in [3.05, 3.63) is 71.3 Å². The maximum Gasteiger partial charge on any atom is 0.152 e. The molecule has 0 saturated carbocycles. The van der Waals surface area contributed by atoms with Crippen LogP contribution in [0.25, 0.3) is 0 Å². The van der Waals surface area contributed by atoms with Crippen molar-refractivity contribution in [2.75, 3.05) is 23.0 Å². The molecule has 6 unspecified atom stereocenters. The highest BCUT2D eigenvalue weighted by Crippen LogP contribution is 2.58. The van der Waals surface area contributed by atoms with Gasteiger partial charge in [-0.1, -0.05) is 24.3 Å². The first-order valence-electron chi connectivity index (χ1n) is 10.6. The van der Waals surface area contributed by atoms with Gasteiger partial charge in [-0.2, -0.15) is 0 Å². The van der Waals surface area contributed by atoms with Crippen molar-refractivity contribution >= 4 is 19.7 Å². The normalized spacial score (nSPS) is 37.3. The zero-order chi connectivity index (χ0) is 22.4. The van der Waals surface area contributed by atoms with Gasteiger partial charge < -0.3 is 0 Å². The van der Waals surface area contributed by atoms with Crippen molar-refractivity contribution in [2.45, 2.75) is 24.2 Å². The van der Waals surface area contributed by atoms with Crippen molar-refractivity contribution in [3.8, 4) is 0 Å². The SMILES string of the molecule is O=S1(=O)CC2C(C1)N1C(c3ccc(F)cc3)C3CS(=O)(=O)CC3N1C2c1ccc(F)cc1. The largest absolute Gasteiger partial charge is 0.229 e. The molecule has 6 rings (SSSR count). The number of hydrogen-bond donors (Lipinski definition) is 0. The Balaban J connectivity index is 1.52. The quantitative estimate of drug-likeness (QED) is 0.656. The summed E-state index contributed by atoms with van der Waals surface area (Å²) in [6, 6.07) is 10.7. The van der Waals surface area contributed by atoms with E-state index in [-0.39, 0.29) is 70.6 Å². The Kier molecular flexibility index (Phi) is 4.41. The Morgan fingerprint density at radius 3 is 1.28 bits per heavy atom. The second-order valence-corrected chi connectivity index (χ2v) is 13.7. The Morgan fingerprint density at radius 2 is 0.938 bits per heavy atom. The molecule has 0 bridgehead atoms. The minimum Gasteiger partial charge on any atom is -0.229 e. The van der Waals surface area contributed by atoms with Crippen molar-refractivity contribution in [1.29, 1.82) is 0 Å². The summed E-state index contributed by atoms with van der Waals surface area (Å²) >= 11 is 0. The fourth-order valence-corrected chi connectivity index (χ4v) is 10.5. The third-order valence-corrected chi connectivity index (χ3v) is 11.0. The van der Waals surface area contributed by atoms with Gasteiger partial charge >= 0.3 is 0 Å². The van der Waals surface area contributed by atoms with Gasteiger partial charge in [-0.3, -0.25) is 0 Å². The highest BCUT2D eigenvalue weighted by molar-refractivity contribution is 7.92. The summed E-state index contributed by atoms with van der Waals surface area (Å²) in [5.41, 5.74) is 1.56. The van der Waals surface area contributed by atoms with Crippen molar-refractivity contribution in [3.63, 3.8) is 0 Å². The Hall–Kier alpha value is -1.88. The molecule has 2 aromatic carbocycles. The summed E-state index contributed by atoms with van der Waals surface area (Å²) in [6.07, 6.45) is 0. The van der Waals surface area contributed by atoms with Crippen LogP contribution in [0.2, 0.25) is 0 Å². The Labute approximate surface area is 185 Å². The second kappa shape index (κ2) is 6.82. The molecule has 32 heavy (non-hydrogen) atoms. The highest BCUT2D eigenvalue weighted by Gasteiger charge is 2.66. The number of sulfone groups is 2. The smallest absolute Gasteiger partial charge is 0.152 e. The van der Waals surface area contributed by atoms with Gasteiger partial charge in [-0.05, 0) is 35.4 Å². The zero-order valence-electron chi connectivity index (χ0n) is 17.0. The molecule has 4 aliphatic rings. The molecular weight excluding hydrogens is 458 g/mol. The lowest BCUT2D eigenvalue weighted by molar-refractivity contribution is -0.0208. The number of nitrogens with zero attached hydrogens (tertiary/aromatic N) is 2. The van der Waals surface area contributed by atoms with Crippen LogP contribution in [0.1, 0.15) is 23.2 Å². The monoisotopic (exact) mass is 480 g/mol. The number of benzene rings is 2. The standard InChI is InChI=1S/C22H22F2N2O4S2/c23-15-5-1-13(2-6-15)21-17-9-31(27,28)11-19(17)26-22(14-3-7-16(24)8-4-14)18-10-32(29,30)12-20(18)25(21)26/h1-8,17-22H,9-12H2. The molecule has 10 heteroatoms. The molecule has 6 nitrogen and oxygen atoms in total. The van der Waals surface area contributed by atoms with Gasteiger partial charge in [0.15, 0.2) is 19.7 Å². The van der Waals surface area contributed by atoms with E-state index in [1.54, 1.807) is 24.3 Å². The molecule has 0 amide bonds. The van der Waals surface area contributed by atoms with Gasteiger partial charge in [0.25, 0.3) is 0 Å². The van der Waals surface area contributed by atoms with Crippen molar-refractivity contribution < 1.29 is 25.6 Å². The summed E-state index contributed by atoms with van der Waals surface area (Å²) in [5.74, 6) is -1.27. The third-order valence-electron chi connectivity index (χ3n) is 7.48. The van der Waals surface area contributed by atoms with E-state index < -0.39 is 19.7 Å². The van der Waals surface area contributed by atoms with Crippen LogP contribution in [0.5, 0.6) is 0 Å². The molecule has 4 aliphatic heterocycles. The average Bonchev–Trinajstić information content (AvgIpc) is 3.37. The van der Waals surface area contributed by atoms with Crippen molar-refractivity contribution in [1.82, 2.24) is 10.0 Å². The molecule has 170 valence electrons. The predicted octanol–water partition coefficient (Wildman–Crippen LogP) is 2.12. The number of fused-ring (bicyclic) bond motifs is 5. The number of halogens is 2. The van der Waals surface area contributed by atoms with E-state index in [2.05, 4.69) is 10.0 Å². The maximum absolute atomic E-state index is 13.6. The van der Waals surface area contributed by atoms with Crippen LogP contribution in [-0.4, -0.2) is 61.9 Å². The van der Waals surface area contributed by atoms with E-state index >= 15 is 0 Å². The minimum atomic E-state index is -3.27. The molecule has 4 fully saturated rings. The van der Waals surface area contributed by atoms with Crippen molar-refractivity contribution in [2.24, 2.45) is 11.8 Å². The van der Waals surface area contributed by atoms with Gasteiger partial charge in [-0.25, -0.2) is 35.6 Å². The fourth-order valence-electron chi connectivity index (χ4n) is 6.41. The number of hydrazine groups is 1. The van der Waals surface area contributed by atoms with Crippen LogP contribution >= 0.6 is 0 Å². The lowest BCUT2D eigenvalue weighted by Gasteiger charge is -2.34. The molecule has 6 atom stereocenters.